The van der Waals surface area contributed by atoms with Gasteiger partial charge in [-0.2, -0.15) is 0 Å². The summed E-state index contributed by atoms with van der Waals surface area (Å²) >= 11 is 0. The molecule has 0 saturated heterocycles. The van der Waals surface area contributed by atoms with Gasteiger partial charge in [-0.15, -0.1) is 0 Å². The lowest BCUT2D eigenvalue weighted by Gasteiger charge is -2.14. The van der Waals surface area contributed by atoms with Gasteiger partial charge in [0, 0.05) is 6.20 Å². The molecule has 0 saturated carbocycles. The first kappa shape index (κ1) is 10.5. The molecule has 1 aliphatic heterocycles. The van der Waals surface area contributed by atoms with Gasteiger partial charge in [-0.25, -0.2) is 0 Å². The van der Waals surface area contributed by atoms with E-state index in [0.717, 1.165) is 5.69 Å². The Kier molecular flexibility index (Phi) is 3.38. The number of pyridine rings is 1. The lowest BCUT2D eigenvalue weighted by atomic mass is 10.3. The summed E-state index contributed by atoms with van der Waals surface area (Å²) in [7, 11) is 0. The first-order valence-electron chi connectivity index (χ1n) is 4.99. The Morgan fingerprint density at radius 1 is 1.44 bits per heavy atom. The highest BCUT2D eigenvalue weighted by molar-refractivity contribution is 5.91. The fourth-order valence-corrected chi connectivity index (χ4v) is 1.25. The van der Waals surface area contributed by atoms with Crippen molar-refractivity contribution in [3.8, 4) is 0 Å². The zero-order chi connectivity index (χ0) is 11.2. The predicted molar refractivity (Wildman–Crippen MR) is 56.1 cm³/mol. The van der Waals surface area contributed by atoms with E-state index in [1.54, 1.807) is 6.20 Å². The monoisotopic (exact) mass is 220 g/mol. The Balaban J connectivity index is 1.86. The van der Waals surface area contributed by atoms with Crippen LogP contribution in [-0.4, -0.2) is 24.1 Å². The van der Waals surface area contributed by atoms with E-state index in [-0.39, 0.29) is 11.7 Å². The number of nitrogens with one attached hydrogen (secondary N) is 1. The van der Waals surface area contributed by atoms with E-state index in [1.807, 2.05) is 18.2 Å². The van der Waals surface area contributed by atoms with Gasteiger partial charge in [-0.3, -0.25) is 9.78 Å². The van der Waals surface area contributed by atoms with Crippen molar-refractivity contribution < 1.29 is 14.3 Å². The van der Waals surface area contributed by atoms with Crippen LogP contribution in [-0.2, 0) is 20.8 Å². The lowest BCUT2D eigenvalue weighted by molar-refractivity contribution is -0.122. The fourth-order valence-electron chi connectivity index (χ4n) is 1.25. The maximum atomic E-state index is 11.6. The topological polar surface area (TPSA) is 60.5 Å². The van der Waals surface area contributed by atoms with Crippen LogP contribution in [0.2, 0.25) is 0 Å². The summed E-state index contributed by atoms with van der Waals surface area (Å²) in [5.74, 6) is -0.0764. The van der Waals surface area contributed by atoms with Crippen molar-refractivity contribution in [3.63, 3.8) is 0 Å². The minimum Gasteiger partial charge on any atom is -0.494 e. The molecule has 0 aromatic carbocycles. The van der Waals surface area contributed by atoms with E-state index in [9.17, 15) is 4.79 Å². The summed E-state index contributed by atoms with van der Waals surface area (Å²) in [6, 6.07) is 5.53. The first-order chi connectivity index (χ1) is 7.86. The van der Waals surface area contributed by atoms with Crippen LogP contribution in [0, 0.1) is 0 Å². The van der Waals surface area contributed by atoms with E-state index in [1.165, 1.54) is 6.26 Å². The number of rotatable bonds is 3. The Morgan fingerprint density at radius 3 is 3.06 bits per heavy atom. The molecule has 0 unspecified atom stereocenters. The molecular formula is C11H12N2O3. The molecule has 0 atom stereocenters. The highest BCUT2D eigenvalue weighted by Gasteiger charge is 2.14. The molecule has 2 heterocycles. The van der Waals surface area contributed by atoms with E-state index in [2.05, 4.69) is 10.3 Å². The van der Waals surface area contributed by atoms with Gasteiger partial charge in [0.2, 0.25) is 5.76 Å². The van der Waals surface area contributed by atoms with Crippen LogP contribution in [0.5, 0.6) is 0 Å². The van der Waals surface area contributed by atoms with E-state index >= 15 is 0 Å². The van der Waals surface area contributed by atoms with Crippen LogP contribution in [0.4, 0.5) is 0 Å². The van der Waals surface area contributed by atoms with E-state index in [0.29, 0.717) is 19.8 Å². The quantitative estimate of drug-likeness (QED) is 0.809. The standard InChI is InChI=1S/C11H12N2O3/c14-11(10-8-15-5-6-16-10)13-7-9-3-1-2-4-12-9/h1-4,8H,5-7H2,(H,13,14). The number of amides is 1. The van der Waals surface area contributed by atoms with E-state index in [4.69, 9.17) is 9.47 Å². The highest BCUT2D eigenvalue weighted by atomic mass is 16.6. The molecule has 5 nitrogen and oxygen atoms in total. The van der Waals surface area contributed by atoms with Gasteiger partial charge in [0.25, 0.3) is 5.91 Å². The zero-order valence-corrected chi connectivity index (χ0v) is 8.68. The third-order valence-electron chi connectivity index (χ3n) is 2.03. The molecule has 0 fully saturated rings. The van der Waals surface area contributed by atoms with Crippen molar-refractivity contribution in [2.45, 2.75) is 6.54 Å². The molecule has 1 N–H and O–H groups in total. The van der Waals surface area contributed by atoms with Crippen LogP contribution < -0.4 is 5.32 Å². The van der Waals surface area contributed by atoms with Crippen molar-refractivity contribution in [1.29, 1.82) is 0 Å². The molecule has 0 aliphatic carbocycles. The third-order valence-corrected chi connectivity index (χ3v) is 2.03. The van der Waals surface area contributed by atoms with Gasteiger partial charge >= 0.3 is 0 Å². The number of hydrogen-bond donors (Lipinski definition) is 1. The lowest BCUT2D eigenvalue weighted by Crippen LogP contribution is -2.28. The Morgan fingerprint density at radius 2 is 2.38 bits per heavy atom. The van der Waals surface area contributed by atoms with Crippen molar-refractivity contribution in [3.05, 3.63) is 42.1 Å². The van der Waals surface area contributed by atoms with Crippen LogP contribution >= 0.6 is 0 Å². The van der Waals surface area contributed by atoms with Crippen molar-refractivity contribution in [2.75, 3.05) is 13.2 Å². The first-order valence-corrected chi connectivity index (χ1v) is 4.99. The summed E-state index contributed by atoms with van der Waals surface area (Å²) in [4.78, 5) is 15.6. The molecular weight excluding hydrogens is 208 g/mol. The number of carbonyl (C=O) groups excluding carboxylic acids is 1. The molecule has 0 bridgehead atoms. The number of aromatic nitrogens is 1. The molecule has 1 aliphatic rings. The van der Waals surface area contributed by atoms with E-state index < -0.39 is 0 Å². The minimum absolute atomic E-state index is 0.210. The second kappa shape index (κ2) is 5.16. The van der Waals surface area contributed by atoms with Crippen LogP contribution in [0.1, 0.15) is 5.69 Å². The maximum Gasteiger partial charge on any atom is 0.289 e. The zero-order valence-electron chi connectivity index (χ0n) is 8.68. The number of carbonyl (C=O) groups is 1. The largest absolute Gasteiger partial charge is 0.494 e. The van der Waals surface area contributed by atoms with Crippen molar-refractivity contribution >= 4 is 5.91 Å². The second-order valence-corrected chi connectivity index (χ2v) is 3.21. The van der Waals surface area contributed by atoms with Crippen LogP contribution in [0.25, 0.3) is 0 Å². The maximum absolute atomic E-state index is 11.6. The second-order valence-electron chi connectivity index (χ2n) is 3.21. The molecule has 0 spiro atoms. The van der Waals surface area contributed by atoms with Gasteiger partial charge < -0.3 is 14.8 Å². The normalized spacial score (nSPS) is 14.4. The summed E-state index contributed by atoms with van der Waals surface area (Å²) in [5, 5.41) is 2.69. The molecule has 2 rings (SSSR count). The minimum atomic E-state index is -0.287. The SMILES string of the molecule is O=C(NCc1ccccn1)C1=COCCO1. The predicted octanol–water partition coefficient (Wildman–Crippen LogP) is 0.586. The summed E-state index contributed by atoms with van der Waals surface area (Å²) in [6.45, 7) is 1.26. The summed E-state index contributed by atoms with van der Waals surface area (Å²) in [6.07, 6.45) is 3.01. The third kappa shape index (κ3) is 2.73. The molecule has 84 valence electrons. The Bertz CT molecular complexity index is 389. The number of ether oxygens (including phenoxy) is 2. The van der Waals surface area contributed by atoms with Crippen LogP contribution in [0.15, 0.2) is 36.4 Å². The molecule has 1 aromatic heterocycles. The average molecular weight is 220 g/mol. The van der Waals surface area contributed by atoms with Gasteiger partial charge in [-0.05, 0) is 12.1 Å². The highest BCUT2D eigenvalue weighted by Crippen LogP contribution is 2.04. The fraction of sp³-hybridized carbons (Fsp3) is 0.273. The number of nitrogens with zero attached hydrogens (tertiary/aromatic N) is 1. The molecule has 5 heteroatoms. The Labute approximate surface area is 93.1 Å². The molecule has 1 aromatic rings. The van der Waals surface area contributed by atoms with Gasteiger partial charge in [-0.1, -0.05) is 6.07 Å². The Hall–Kier alpha value is -2.04. The molecule has 1 amide bonds. The smallest absolute Gasteiger partial charge is 0.289 e. The van der Waals surface area contributed by atoms with Gasteiger partial charge in [0.15, 0.2) is 0 Å². The average Bonchev–Trinajstić information content (AvgIpc) is 2.38. The van der Waals surface area contributed by atoms with Gasteiger partial charge in [0.1, 0.15) is 19.5 Å². The van der Waals surface area contributed by atoms with Crippen molar-refractivity contribution in [2.24, 2.45) is 0 Å². The van der Waals surface area contributed by atoms with Crippen LogP contribution in [0.3, 0.4) is 0 Å². The molecule has 16 heavy (non-hydrogen) atoms. The molecule has 0 radical (unpaired) electrons. The number of hydrogen-bond acceptors (Lipinski definition) is 4. The summed E-state index contributed by atoms with van der Waals surface area (Å²) < 4.78 is 10.1. The van der Waals surface area contributed by atoms with Crippen molar-refractivity contribution in [1.82, 2.24) is 10.3 Å². The summed E-state index contributed by atoms with van der Waals surface area (Å²) in [5.41, 5.74) is 0.799. The van der Waals surface area contributed by atoms with Gasteiger partial charge in [0.05, 0.1) is 12.2 Å².